The van der Waals surface area contributed by atoms with Crippen LogP contribution >= 0.6 is 0 Å². The molecule has 2 aromatic heterocycles. The van der Waals surface area contributed by atoms with E-state index in [1.807, 2.05) is 0 Å². The number of aryl methyl sites for hydroxylation is 2. The third-order valence-corrected chi connectivity index (χ3v) is 2.85. The number of aromatic nitrogens is 3. The molecule has 0 aliphatic heterocycles. The predicted octanol–water partition coefficient (Wildman–Crippen LogP) is -0.361. The van der Waals surface area contributed by atoms with Crippen molar-refractivity contribution in [2.24, 2.45) is 14.1 Å². The molecule has 7 nitrogen and oxygen atoms in total. The summed E-state index contributed by atoms with van der Waals surface area (Å²) in [5, 5.41) is 9.11. The SMILES string of the molecule is Cc1nc2c(cc1C(=O)O)c(=O)n(C)c(=O)n2C. The highest BCUT2D eigenvalue weighted by Crippen LogP contribution is 2.11. The van der Waals surface area contributed by atoms with Crippen molar-refractivity contribution in [2.45, 2.75) is 6.92 Å². The number of pyridine rings is 1. The minimum atomic E-state index is -1.15. The molecule has 0 aromatic carbocycles. The summed E-state index contributed by atoms with van der Waals surface area (Å²) in [6.45, 7) is 1.52. The number of hydrogen-bond acceptors (Lipinski definition) is 4. The van der Waals surface area contributed by atoms with E-state index in [-0.39, 0.29) is 22.3 Å². The van der Waals surface area contributed by atoms with E-state index >= 15 is 0 Å². The molecule has 0 unspecified atom stereocenters. The van der Waals surface area contributed by atoms with Gasteiger partial charge in [-0.1, -0.05) is 0 Å². The van der Waals surface area contributed by atoms with Crippen LogP contribution in [0.5, 0.6) is 0 Å². The van der Waals surface area contributed by atoms with Crippen LogP contribution in [0.1, 0.15) is 16.1 Å². The van der Waals surface area contributed by atoms with Crippen LogP contribution in [0.25, 0.3) is 11.0 Å². The Kier molecular flexibility index (Phi) is 2.54. The number of carboxylic acids is 1. The maximum Gasteiger partial charge on any atom is 0.337 e. The van der Waals surface area contributed by atoms with E-state index in [9.17, 15) is 14.4 Å². The molecule has 0 radical (unpaired) electrons. The van der Waals surface area contributed by atoms with Gasteiger partial charge in [0.05, 0.1) is 16.6 Å². The number of carbonyl (C=O) groups is 1. The van der Waals surface area contributed by atoms with Gasteiger partial charge in [0.15, 0.2) is 0 Å². The van der Waals surface area contributed by atoms with Gasteiger partial charge in [-0.3, -0.25) is 13.9 Å². The molecular formula is C11H11N3O4. The molecule has 0 spiro atoms. The van der Waals surface area contributed by atoms with Crippen LogP contribution in [0.4, 0.5) is 0 Å². The second-order valence-corrected chi connectivity index (χ2v) is 4.00. The molecule has 0 amide bonds. The highest BCUT2D eigenvalue weighted by molar-refractivity contribution is 5.93. The summed E-state index contributed by atoms with van der Waals surface area (Å²) in [6, 6.07) is 1.25. The Balaban J connectivity index is 3.09. The fourth-order valence-corrected chi connectivity index (χ4v) is 1.81. The van der Waals surface area contributed by atoms with Crippen LogP contribution in [0.2, 0.25) is 0 Å². The average molecular weight is 249 g/mol. The molecule has 0 saturated carbocycles. The van der Waals surface area contributed by atoms with E-state index in [0.717, 1.165) is 4.57 Å². The van der Waals surface area contributed by atoms with Crippen LogP contribution in [-0.4, -0.2) is 25.2 Å². The number of fused-ring (bicyclic) bond motifs is 1. The Morgan fingerprint density at radius 3 is 2.44 bits per heavy atom. The summed E-state index contributed by atoms with van der Waals surface area (Å²) in [5.41, 5.74) is -0.646. The van der Waals surface area contributed by atoms with Gasteiger partial charge in [0.2, 0.25) is 0 Å². The van der Waals surface area contributed by atoms with E-state index in [0.29, 0.717) is 0 Å². The largest absolute Gasteiger partial charge is 0.478 e. The number of carboxylic acid groups (broad SMARTS) is 1. The quantitative estimate of drug-likeness (QED) is 0.744. The smallest absolute Gasteiger partial charge is 0.337 e. The highest BCUT2D eigenvalue weighted by atomic mass is 16.4. The molecule has 2 heterocycles. The Morgan fingerprint density at radius 2 is 1.89 bits per heavy atom. The Morgan fingerprint density at radius 1 is 1.28 bits per heavy atom. The maximum absolute atomic E-state index is 11.9. The highest BCUT2D eigenvalue weighted by Gasteiger charge is 2.15. The first-order chi connectivity index (χ1) is 8.34. The molecule has 7 heteroatoms. The molecule has 0 saturated heterocycles. The number of nitrogens with zero attached hydrogens (tertiary/aromatic N) is 3. The fourth-order valence-electron chi connectivity index (χ4n) is 1.81. The first-order valence-electron chi connectivity index (χ1n) is 5.15. The van der Waals surface area contributed by atoms with Crippen molar-refractivity contribution >= 4 is 17.0 Å². The van der Waals surface area contributed by atoms with Gasteiger partial charge in [-0.2, -0.15) is 0 Å². The van der Waals surface area contributed by atoms with Crippen molar-refractivity contribution in [3.8, 4) is 0 Å². The van der Waals surface area contributed by atoms with Gasteiger partial charge >= 0.3 is 11.7 Å². The minimum Gasteiger partial charge on any atom is -0.478 e. The lowest BCUT2D eigenvalue weighted by atomic mass is 10.1. The Labute approximate surface area is 101 Å². The molecule has 94 valence electrons. The topological polar surface area (TPSA) is 94.2 Å². The number of hydrogen-bond donors (Lipinski definition) is 1. The van der Waals surface area contributed by atoms with Crippen molar-refractivity contribution in [1.82, 2.24) is 14.1 Å². The van der Waals surface area contributed by atoms with Gasteiger partial charge in [-0.25, -0.2) is 14.6 Å². The Bertz CT molecular complexity index is 785. The molecule has 0 bridgehead atoms. The standard InChI is InChI=1S/C11H11N3O4/c1-5-6(10(16)17)4-7-8(12-5)13(2)11(18)14(3)9(7)15/h4H,1-3H3,(H,16,17). The van der Waals surface area contributed by atoms with E-state index in [4.69, 9.17) is 5.11 Å². The molecule has 0 fully saturated rings. The zero-order valence-electron chi connectivity index (χ0n) is 10.1. The van der Waals surface area contributed by atoms with Gasteiger partial charge in [-0.15, -0.1) is 0 Å². The summed E-state index contributed by atoms with van der Waals surface area (Å²) in [4.78, 5) is 38.6. The second-order valence-electron chi connectivity index (χ2n) is 4.00. The van der Waals surface area contributed by atoms with E-state index in [1.54, 1.807) is 0 Å². The number of aromatic carboxylic acids is 1. The van der Waals surface area contributed by atoms with E-state index in [1.165, 1.54) is 31.7 Å². The predicted molar refractivity (Wildman–Crippen MR) is 63.9 cm³/mol. The molecule has 0 aliphatic carbocycles. The minimum absolute atomic E-state index is 0.0433. The van der Waals surface area contributed by atoms with Crippen LogP contribution in [-0.2, 0) is 14.1 Å². The lowest BCUT2D eigenvalue weighted by molar-refractivity contribution is 0.0696. The van der Waals surface area contributed by atoms with Crippen molar-refractivity contribution in [1.29, 1.82) is 0 Å². The molecule has 0 atom stereocenters. The lowest BCUT2D eigenvalue weighted by Crippen LogP contribution is -2.37. The average Bonchev–Trinajstić information content (AvgIpc) is 2.33. The van der Waals surface area contributed by atoms with Crippen molar-refractivity contribution in [3.05, 3.63) is 38.2 Å². The van der Waals surface area contributed by atoms with E-state index in [2.05, 4.69) is 4.98 Å². The normalized spacial score (nSPS) is 10.8. The van der Waals surface area contributed by atoms with E-state index < -0.39 is 17.2 Å². The zero-order chi connectivity index (χ0) is 13.6. The maximum atomic E-state index is 11.9. The Hall–Kier alpha value is -2.44. The van der Waals surface area contributed by atoms with Crippen molar-refractivity contribution in [2.75, 3.05) is 0 Å². The van der Waals surface area contributed by atoms with Gasteiger partial charge in [0.1, 0.15) is 5.65 Å². The van der Waals surface area contributed by atoms with Crippen molar-refractivity contribution < 1.29 is 9.90 Å². The summed E-state index contributed by atoms with van der Waals surface area (Å²) in [6.07, 6.45) is 0. The summed E-state index contributed by atoms with van der Waals surface area (Å²) in [5.74, 6) is -1.15. The van der Waals surface area contributed by atoms with Crippen LogP contribution in [0.15, 0.2) is 15.7 Å². The van der Waals surface area contributed by atoms with Crippen molar-refractivity contribution in [3.63, 3.8) is 0 Å². The molecule has 2 rings (SSSR count). The lowest BCUT2D eigenvalue weighted by Gasteiger charge is -2.08. The number of rotatable bonds is 1. The molecule has 0 aliphatic rings. The zero-order valence-corrected chi connectivity index (χ0v) is 10.1. The monoisotopic (exact) mass is 249 g/mol. The molecular weight excluding hydrogens is 238 g/mol. The third kappa shape index (κ3) is 1.52. The summed E-state index contributed by atoms with van der Waals surface area (Å²) < 4.78 is 2.14. The molecule has 18 heavy (non-hydrogen) atoms. The van der Waals surface area contributed by atoms with Crippen LogP contribution < -0.4 is 11.2 Å². The summed E-state index contributed by atoms with van der Waals surface area (Å²) in [7, 11) is 2.82. The first kappa shape index (κ1) is 12.0. The second kappa shape index (κ2) is 3.80. The fraction of sp³-hybridized carbons (Fsp3) is 0.273. The van der Waals surface area contributed by atoms with Gasteiger partial charge in [0, 0.05) is 14.1 Å². The molecule has 1 N–H and O–H groups in total. The van der Waals surface area contributed by atoms with Crippen LogP contribution in [0.3, 0.4) is 0 Å². The molecule has 2 aromatic rings. The van der Waals surface area contributed by atoms with Gasteiger partial charge < -0.3 is 5.11 Å². The van der Waals surface area contributed by atoms with Gasteiger partial charge in [-0.05, 0) is 13.0 Å². The first-order valence-corrected chi connectivity index (χ1v) is 5.15. The third-order valence-electron chi connectivity index (χ3n) is 2.85. The van der Waals surface area contributed by atoms with Crippen LogP contribution in [0, 0.1) is 6.92 Å². The van der Waals surface area contributed by atoms with Gasteiger partial charge in [0.25, 0.3) is 5.56 Å². The summed E-state index contributed by atoms with van der Waals surface area (Å²) >= 11 is 0.